The Labute approximate surface area is 249 Å². The third-order valence-electron chi connectivity index (χ3n) is 7.55. The molecule has 1 unspecified atom stereocenters. The molecule has 0 saturated carbocycles. The maximum atomic E-state index is 13.0. The van der Waals surface area contributed by atoms with E-state index in [2.05, 4.69) is 42.7 Å². The molecule has 222 valence electrons. The molecular weight excluding hydrogens is 571 g/mol. The van der Waals surface area contributed by atoms with Crippen LogP contribution >= 0.6 is 23.2 Å². The summed E-state index contributed by atoms with van der Waals surface area (Å²) in [6, 6.07) is 3.74. The number of nitrogens with two attached hydrogens (primary N) is 1. The molecule has 15 heteroatoms. The summed E-state index contributed by atoms with van der Waals surface area (Å²) in [6.45, 7) is 6.42. The Morgan fingerprint density at radius 1 is 1.10 bits per heavy atom. The number of hydrogen-bond acceptors (Lipinski definition) is 10. The van der Waals surface area contributed by atoms with E-state index >= 15 is 0 Å². The van der Waals surface area contributed by atoms with E-state index in [9.17, 15) is 14.4 Å². The molecule has 1 atom stereocenters. The summed E-state index contributed by atoms with van der Waals surface area (Å²) in [7, 11) is 1.78. The molecule has 2 aliphatic rings. The molecule has 4 rings (SSSR count). The third kappa shape index (κ3) is 7.15. The van der Waals surface area contributed by atoms with E-state index in [-0.39, 0.29) is 39.6 Å². The number of carbonyl (C=O) groups is 3. The Morgan fingerprint density at radius 2 is 1.85 bits per heavy atom. The predicted molar refractivity (Wildman–Crippen MR) is 159 cm³/mol. The molecule has 2 aliphatic heterocycles. The van der Waals surface area contributed by atoms with Crippen molar-refractivity contribution in [3.63, 3.8) is 0 Å². The maximum Gasteiger partial charge on any atom is 0.273 e. The van der Waals surface area contributed by atoms with E-state index in [1.807, 2.05) is 9.80 Å². The maximum absolute atomic E-state index is 13.0. The Bertz CT molecular complexity index is 1260. The number of likely N-dealkylation sites (N-methyl/N-ethyl adjacent to an activating group) is 1. The average molecular weight is 608 g/mol. The van der Waals surface area contributed by atoms with Gasteiger partial charge in [-0.25, -0.2) is 15.0 Å². The lowest BCUT2D eigenvalue weighted by Gasteiger charge is -2.47. The zero-order chi connectivity index (χ0) is 29.5. The monoisotopic (exact) mass is 606 g/mol. The van der Waals surface area contributed by atoms with Gasteiger partial charge in [-0.1, -0.05) is 30.1 Å². The number of nitrogens with one attached hydrogen (secondary N) is 3. The molecule has 0 bridgehead atoms. The summed E-state index contributed by atoms with van der Waals surface area (Å²) in [5.74, 6) is 0.0270. The van der Waals surface area contributed by atoms with Crippen LogP contribution in [0.4, 0.5) is 17.5 Å². The summed E-state index contributed by atoms with van der Waals surface area (Å²) < 4.78 is 0. The molecule has 2 saturated heterocycles. The van der Waals surface area contributed by atoms with Gasteiger partial charge in [0, 0.05) is 57.9 Å². The van der Waals surface area contributed by atoms with Crippen LogP contribution in [0.5, 0.6) is 0 Å². The SMILES string of the molecule is CCC1CN(c2nc(NC=O)c(C(=O)NCCNC)nc2Cl)CCN1C1CCN(C(=O)c2ccc(Cl)nc2N)CC1. The van der Waals surface area contributed by atoms with Crippen LogP contribution in [-0.4, -0.2) is 108 Å². The van der Waals surface area contributed by atoms with E-state index in [4.69, 9.17) is 28.9 Å². The molecule has 2 aromatic rings. The highest BCUT2D eigenvalue weighted by molar-refractivity contribution is 6.32. The number of piperidine rings is 1. The second-order valence-electron chi connectivity index (χ2n) is 9.99. The van der Waals surface area contributed by atoms with Crippen LogP contribution in [0.3, 0.4) is 0 Å². The molecule has 41 heavy (non-hydrogen) atoms. The van der Waals surface area contributed by atoms with Crippen LogP contribution in [0.1, 0.15) is 47.0 Å². The fourth-order valence-corrected chi connectivity index (χ4v) is 5.81. The van der Waals surface area contributed by atoms with E-state index in [0.29, 0.717) is 63.1 Å². The minimum Gasteiger partial charge on any atom is -0.383 e. The Balaban J connectivity index is 1.41. The van der Waals surface area contributed by atoms with Crippen molar-refractivity contribution in [2.24, 2.45) is 0 Å². The summed E-state index contributed by atoms with van der Waals surface area (Å²) in [6.07, 6.45) is 3.05. The first-order chi connectivity index (χ1) is 19.8. The van der Waals surface area contributed by atoms with Gasteiger partial charge in [-0.2, -0.15) is 0 Å². The van der Waals surface area contributed by atoms with Crippen molar-refractivity contribution in [1.29, 1.82) is 0 Å². The van der Waals surface area contributed by atoms with Crippen molar-refractivity contribution < 1.29 is 14.4 Å². The van der Waals surface area contributed by atoms with Gasteiger partial charge in [0.25, 0.3) is 11.8 Å². The number of nitrogens with zero attached hydrogens (tertiary/aromatic N) is 6. The number of hydrogen-bond donors (Lipinski definition) is 4. The Morgan fingerprint density at radius 3 is 2.51 bits per heavy atom. The molecule has 5 N–H and O–H groups in total. The summed E-state index contributed by atoms with van der Waals surface area (Å²) >= 11 is 12.4. The number of likely N-dealkylation sites (tertiary alicyclic amines) is 1. The summed E-state index contributed by atoms with van der Waals surface area (Å²) in [5.41, 5.74) is 6.27. The van der Waals surface area contributed by atoms with Crippen molar-refractivity contribution in [3.8, 4) is 0 Å². The van der Waals surface area contributed by atoms with Crippen LogP contribution in [0.25, 0.3) is 0 Å². The number of rotatable bonds is 10. The minimum absolute atomic E-state index is 0.0370. The van der Waals surface area contributed by atoms with Gasteiger partial charge in [-0.3, -0.25) is 19.3 Å². The van der Waals surface area contributed by atoms with Crippen LogP contribution in [0, 0.1) is 0 Å². The van der Waals surface area contributed by atoms with Crippen LogP contribution in [0.15, 0.2) is 12.1 Å². The normalized spacial score (nSPS) is 18.3. The van der Waals surface area contributed by atoms with Crippen molar-refractivity contribution >= 4 is 58.9 Å². The van der Waals surface area contributed by atoms with E-state index < -0.39 is 5.91 Å². The number of amides is 3. The summed E-state index contributed by atoms with van der Waals surface area (Å²) in [4.78, 5) is 56.1. The van der Waals surface area contributed by atoms with Crippen LogP contribution in [-0.2, 0) is 4.79 Å². The van der Waals surface area contributed by atoms with Gasteiger partial charge in [-0.15, -0.1) is 0 Å². The van der Waals surface area contributed by atoms with Gasteiger partial charge in [0.15, 0.2) is 22.5 Å². The quantitative estimate of drug-likeness (QED) is 0.177. The van der Waals surface area contributed by atoms with E-state index in [0.717, 1.165) is 25.8 Å². The fourth-order valence-electron chi connectivity index (χ4n) is 5.41. The standard InChI is InChI=1S/C26H36Cl2N10O3/c1-3-16-14-37(24-21(28)34-20(23(35-24)32-15-39)25(40)31-9-8-30-2)12-13-38(16)17-6-10-36(11-7-17)26(41)18-4-5-19(27)33-22(18)29/h4-5,15-17,30H,3,6-14H2,1-2H3,(H2,29,33)(H,31,40)(H,32,35,39). The fraction of sp³-hybridized carbons (Fsp3) is 0.538. The molecular formula is C26H36Cl2N10O3. The predicted octanol–water partition coefficient (Wildman–Crippen LogP) is 1.48. The van der Waals surface area contributed by atoms with Crippen LogP contribution in [0.2, 0.25) is 10.3 Å². The average Bonchev–Trinajstić information content (AvgIpc) is 2.97. The lowest BCUT2D eigenvalue weighted by atomic mass is 9.97. The number of anilines is 3. The van der Waals surface area contributed by atoms with Gasteiger partial charge in [-0.05, 0) is 38.4 Å². The van der Waals surface area contributed by atoms with Gasteiger partial charge in [0.2, 0.25) is 6.41 Å². The second kappa shape index (κ2) is 14.1. The lowest BCUT2D eigenvalue weighted by Crippen LogP contribution is -2.58. The first kappa shape index (κ1) is 30.7. The lowest BCUT2D eigenvalue weighted by molar-refractivity contribution is -0.105. The molecule has 3 amide bonds. The number of nitrogen functional groups attached to an aromatic ring is 1. The molecule has 4 heterocycles. The molecule has 0 aliphatic carbocycles. The van der Waals surface area contributed by atoms with Gasteiger partial charge in [0.05, 0.1) is 5.56 Å². The Kier molecular flexibility index (Phi) is 10.5. The first-order valence-corrected chi connectivity index (χ1v) is 14.4. The molecule has 2 aromatic heterocycles. The molecule has 0 aromatic carbocycles. The van der Waals surface area contributed by atoms with Gasteiger partial charge in [0.1, 0.15) is 11.0 Å². The number of carbonyl (C=O) groups excluding carboxylic acids is 3. The number of aromatic nitrogens is 3. The van der Waals surface area contributed by atoms with E-state index in [1.54, 1.807) is 19.2 Å². The summed E-state index contributed by atoms with van der Waals surface area (Å²) in [5, 5.41) is 8.53. The molecule has 13 nitrogen and oxygen atoms in total. The zero-order valence-electron chi connectivity index (χ0n) is 23.2. The first-order valence-electron chi connectivity index (χ1n) is 13.7. The topological polar surface area (TPSA) is 162 Å². The van der Waals surface area contributed by atoms with Gasteiger partial charge < -0.3 is 31.5 Å². The van der Waals surface area contributed by atoms with Crippen molar-refractivity contribution in [3.05, 3.63) is 33.7 Å². The smallest absolute Gasteiger partial charge is 0.273 e. The number of pyridine rings is 1. The zero-order valence-corrected chi connectivity index (χ0v) is 24.7. The van der Waals surface area contributed by atoms with Crippen molar-refractivity contribution in [2.45, 2.75) is 38.3 Å². The molecule has 2 fully saturated rings. The Hall–Kier alpha value is -3.26. The minimum atomic E-state index is -0.471. The largest absolute Gasteiger partial charge is 0.383 e. The highest BCUT2D eigenvalue weighted by Gasteiger charge is 2.35. The van der Waals surface area contributed by atoms with Crippen molar-refractivity contribution in [1.82, 2.24) is 35.4 Å². The molecule has 0 radical (unpaired) electrons. The highest BCUT2D eigenvalue weighted by Crippen LogP contribution is 2.30. The third-order valence-corrected chi connectivity index (χ3v) is 8.01. The number of piperazine rings is 1. The van der Waals surface area contributed by atoms with Crippen LogP contribution < -0.4 is 26.6 Å². The highest BCUT2D eigenvalue weighted by atomic mass is 35.5. The molecule has 0 spiro atoms. The number of halogens is 2. The van der Waals surface area contributed by atoms with Gasteiger partial charge >= 0.3 is 0 Å². The van der Waals surface area contributed by atoms with Crippen molar-refractivity contribution in [2.75, 3.05) is 68.8 Å². The second-order valence-corrected chi connectivity index (χ2v) is 10.7. The van der Waals surface area contributed by atoms with E-state index in [1.165, 1.54) is 0 Å².